The topological polar surface area (TPSA) is 75.3 Å². The summed E-state index contributed by atoms with van der Waals surface area (Å²) < 4.78 is 23.4. The lowest BCUT2D eigenvalue weighted by molar-refractivity contribution is -0.119. The Labute approximate surface area is 110 Å². The smallest absolute Gasteiger partial charge is 0.235 e. The molecule has 0 bridgehead atoms. The zero-order valence-electron chi connectivity index (χ0n) is 11.4. The van der Waals surface area contributed by atoms with Crippen LogP contribution in [0.4, 0.5) is 0 Å². The van der Waals surface area contributed by atoms with E-state index < -0.39 is 21.5 Å². The van der Waals surface area contributed by atoms with Crippen molar-refractivity contribution in [1.29, 1.82) is 0 Å². The molecular formula is C12H24N2O3S. The Morgan fingerprint density at radius 2 is 1.89 bits per heavy atom. The molecule has 5 nitrogen and oxygen atoms in total. The van der Waals surface area contributed by atoms with Crippen molar-refractivity contribution >= 4 is 15.7 Å². The maximum absolute atomic E-state index is 11.7. The molecule has 1 atom stereocenters. The summed E-state index contributed by atoms with van der Waals surface area (Å²) in [6.45, 7) is 6.12. The lowest BCUT2D eigenvalue weighted by atomic mass is 10.2. The Bertz CT molecular complexity index is 375. The van der Waals surface area contributed by atoms with E-state index in [2.05, 4.69) is 17.6 Å². The summed E-state index contributed by atoms with van der Waals surface area (Å²) in [5.41, 5.74) is 0. The van der Waals surface area contributed by atoms with Crippen molar-refractivity contribution < 1.29 is 13.2 Å². The first-order valence-corrected chi connectivity index (χ1v) is 8.35. The van der Waals surface area contributed by atoms with E-state index in [9.17, 15) is 13.2 Å². The van der Waals surface area contributed by atoms with Crippen molar-refractivity contribution in [2.45, 2.75) is 45.7 Å². The molecule has 0 aliphatic heterocycles. The van der Waals surface area contributed by atoms with Crippen LogP contribution in [0.25, 0.3) is 0 Å². The lowest BCUT2D eigenvalue weighted by Gasteiger charge is -2.13. The summed E-state index contributed by atoms with van der Waals surface area (Å²) in [6, 6.07) is 0.352. The minimum atomic E-state index is -3.30. The number of carbonyl (C=O) groups is 1. The molecule has 1 amide bonds. The van der Waals surface area contributed by atoms with Gasteiger partial charge in [0.15, 0.2) is 9.84 Å². The standard InChI is InChI=1S/C12H24N2O3S/c1-9(2)14-12(15)8-18(16,17)7-6-13-10(3)11-4-5-11/h9-11,13H,4-8H2,1-3H3,(H,14,15). The van der Waals surface area contributed by atoms with Crippen LogP contribution in [0.2, 0.25) is 0 Å². The maximum Gasteiger partial charge on any atom is 0.235 e. The van der Waals surface area contributed by atoms with Crippen LogP contribution in [-0.2, 0) is 14.6 Å². The summed E-state index contributed by atoms with van der Waals surface area (Å²) in [5.74, 6) is -0.0996. The van der Waals surface area contributed by atoms with Crippen molar-refractivity contribution in [2.75, 3.05) is 18.1 Å². The summed E-state index contributed by atoms with van der Waals surface area (Å²) in [7, 11) is -3.30. The average Bonchev–Trinajstić information content (AvgIpc) is 2.96. The molecule has 0 aromatic rings. The minimum Gasteiger partial charge on any atom is -0.353 e. The van der Waals surface area contributed by atoms with Gasteiger partial charge in [0.2, 0.25) is 5.91 Å². The molecule has 6 heteroatoms. The molecule has 0 radical (unpaired) electrons. The number of rotatable bonds is 8. The normalized spacial score (nSPS) is 17.8. The van der Waals surface area contributed by atoms with Gasteiger partial charge >= 0.3 is 0 Å². The minimum absolute atomic E-state index is 0.0234. The van der Waals surface area contributed by atoms with E-state index in [0.717, 1.165) is 0 Å². The molecule has 1 unspecified atom stereocenters. The van der Waals surface area contributed by atoms with Crippen LogP contribution in [0, 0.1) is 5.92 Å². The van der Waals surface area contributed by atoms with E-state index >= 15 is 0 Å². The Hall–Kier alpha value is -0.620. The van der Waals surface area contributed by atoms with Crippen LogP contribution in [0.15, 0.2) is 0 Å². The summed E-state index contributed by atoms with van der Waals surface area (Å²) >= 11 is 0. The molecule has 2 N–H and O–H groups in total. The predicted octanol–water partition coefficient (Wildman–Crippen LogP) is 0.314. The van der Waals surface area contributed by atoms with Gasteiger partial charge < -0.3 is 10.6 Å². The molecule has 1 saturated carbocycles. The van der Waals surface area contributed by atoms with Crippen molar-refractivity contribution in [3.8, 4) is 0 Å². The van der Waals surface area contributed by atoms with Gasteiger partial charge in [-0.3, -0.25) is 4.79 Å². The predicted molar refractivity (Wildman–Crippen MR) is 72.1 cm³/mol. The Kier molecular flexibility index (Phi) is 5.59. The number of sulfone groups is 1. The first-order chi connectivity index (χ1) is 8.30. The van der Waals surface area contributed by atoms with E-state index in [-0.39, 0.29) is 11.8 Å². The van der Waals surface area contributed by atoms with E-state index in [1.807, 2.05) is 13.8 Å². The van der Waals surface area contributed by atoms with Crippen molar-refractivity contribution in [2.24, 2.45) is 5.92 Å². The average molecular weight is 276 g/mol. The highest BCUT2D eigenvalue weighted by atomic mass is 32.2. The monoisotopic (exact) mass is 276 g/mol. The van der Waals surface area contributed by atoms with E-state index in [4.69, 9.17) is 0 Å². The Morgan fingerprint density at radius 1 is 1.28 bits per heavy atom. The number of carbonyl (C=O) groups excluding carboxylic acids is 1. The molecule has 1 aliphatic rings. The molecule has 0 saturated heterocycles. The zero-order chi connectivity index (χ0) is 13.8. The molecule has 1 fully saturated rings. The van der Waals surface area contributed by atoms with Crippen LogP contribution in [0.3, 0.4) is 0 Å². The van der Waals surface area contributed by atoms with Gasteiger partial charge in [-0.05, 0) is 39.5 Å². The van der Waals surface area contributed by atoms with Gasteiger partial charge in [0.1, 0.15) is 5.75 Å². The van der Waals surface area contributed by atoms with Gasteiger partial charge in [-0.15, -0.1) is 0 Å². The molecule has 1 rings (SSSR count). The first-order valence-electron chi connectivity index (χ1n) is 6.53. The van der Waals surface area contributed by atoms with Crippen LogP contribution in [-0.4, -0.2) is 44.5 Å². The molecule has 0 aromatic carbocycles. The van der Waals surface area contributed by atoms with E-state index in [0.29, 0.717) is 18.5 Å². The lowest BCUT2D eigenvalue weighted by Crippen LogP contribution is -2.38. The number of amides is 1. The van der Waals surface area contributed by atoms with Crippen LogP contribution < -0.4 is 10.6 Å². The van der Waals surface area contributed by atoms with Crippen molar-refractivity contribution in [3.05, 3.63) is 0 Å². The quantitative estimate of drug-likeness (QED) is 0.669. The molecule has 0 aromatic heterocycles. The van der Waals surface area contributed by atoms with Gasteiger partial charge in [-0.2, -0.15) is 0 Å². The molecule has 0 heterocycles. The van der Waals surface area contributed by atoms with Gasteiger partial charge in [0.05, 0.1) is 5.75 Å². The van der Waals surface area contributed by atoms with Gasteiger partial charge in [-0.25, -0.2) is 8.42 Å². The van der Waals surface area contributed by atoms with Gasteiger partial charge in [0.25, 0.3) is 0 Å². The largest absolute Gasteiger partial charge is 0.353 e. The fourth-order valence-electron chi connectivity index (χ4n) is 1.84. The Balaban J connectivity index is 2.23. The van der Waals surface area contributed by atoms with Gasteiger partial charge in [-0.1, -0.05) is 0 Å². The number of nitrogens with one attached hydrogen (secondary N) is 2. The SMILES string of the molecule is CC(C)NC(=O)CS(=O)(=O)CCNC(C)C1CC1. The van der Waals surface area contributed by atoms with Gasteiger partial charge in [0, 0.05) is 18.6 Å². The summed E-state index contributed by atoms with van der Waals surface area (Å²) in [6.07, 6.45) is 2.47. The van der Waals surface area contributed by atoms with Crippen molar-refractivity contribution in [3.63, 3.8) is 0 Å². The van der Waals surface area contributed by atoms with E-state index in [1.165, 1.54) is 12.8 Å². The third-order valence-corrected chi connectivity index (χ3v) is 4.54. The van der Waals surface area contributed by atoms with Crippen LogP contribution in [0.1, 0.15) is 33.6 Å². The van der Waals surface area contributed by atoms with Crippen LogP contribution in [0.5, 0.6) is 0 Å². The zero-order valence-corrected chi connectivity index (χ0v) is 12.2. The van der Waals surface area contributed by atoms with Crippen molar-refractivity contribution in [1.82, 2.24) is 10.6 Å². The second kappa shape index (κ2) is 6.52. The molecule has 106 valence electrons. The first kappa shape index (κ1) is 15.4. The second-order valence-electron chi connectivity index (χ2n) is 5.39. The number of hydrogen-bond donors (Lipinski definition) is 2. The maximum atomic E-state index is 11.7. The Morgan fingerprint density at radius 3 is 2.39 bits per heavy atom. The molecule has 18 heavy (non-hydrogen) atoms. The molecular weight excluding hydrogens is 252 g/mol. The third kappa shape index (κ3) is 6.35. The highest BCUT2D eigenvalue weighted by molar-refractivity contribution is 7.92. The second-order valence-corrected chi connectivity index (χ2v) is 7.58. The van der Waals surface area contributed by atoms with E-state index in [1.54, 1.807) is 0 Å². The fraction of sp³-hybridized carbons (Fsp3) is 0.917. The van der Waals surface area contributed by atoms with Crippen LogP contribution >= 0.6 is 0 Å². The summed E-state index contributed by atoms with van der Waals surface area (Å²) in [4.78, 5) is 11.4. The third-order valence-electron chi connectivity index (χ3n) is 3.01. The molecule has 1 aliphatic carbocycles. The molecule has 0 spiro atoms. The number of hydrogen-bond acceptors (Lipinski definition) is 4. The fourth-order valence-corrected chi connectivity index (χ4v) is 2.90. The highest BCUT2D eigenvalue weighted by Crippen LogP contribution is 2.32. The highest BCUT2D eigenvalue weighted by Gasteiger charge is 2.27. The summed E-state index contributed by atoms with van der Waals surface area (Å²) in [5, 5.41) is 5.79.